The van der Waals surface area contributed by atoms with Gasteiger partial charge < -0.3 is 9.47 Å². The Morgan fingerprint density at radius 1 is 1.35 bits per heavy atom. The number of ether oxygens (including phenoxy) is 2. The number of aromatic nitrogens is 1. The summed E-state index contributed by atoms with van der Waals surface area (Å²) in [5.74, 6) is -0.553. The van der Waals surface area contributed by atoms with Gasteiger partial charge in [0.15, 0.2) is 0 Å². The summed E-state index contributed by atoms with van der Waals surface area (Å²) < 4.78 is 9.81. The molecule has 0 aliphatic carbocycles. The molecule has 10 heteroatoms. The number of rotatable bonds is 7. The fraction of sp³-hybridized carbons (Fsp3) is 0.250. The lowest BCUT2D eigenvalue weighted by Gasteiger charge is -2.06. The van der Waals surface area contributed by atoms with Crippen LogP contribution in [0.3, 0.4) is 0 Å². The molecule has 1 aromatic carbocycles. The lowest BCUT2D eigenvalue weighted by Crippen LogP contribution is -2.07. The van der Waals surface area contributed by atoms with Gasteiger partial charge in [-0.15, -0.1) is 11.3 Å². The van der Waals surface area contributed by atoms with Gasteiger partial charge in [-0.05, 0) is 6.92 Å². The predicted octanol–water partition coefficient (Wildman–Crippen LogP) is 3.93. The zero-order valence-electron chi connectivity index (χ0n) is 13.9. The lowest BCUT2D eigenvalue weighted by molar-refractivity contribution is -0.142. The molecule has 0 bridgehead atoms. The minimum Gasteiger partial charge on any atom is -0.466 e. The summed E-state index contributed by atoms with van der Waals surface area (Å²) >= 11 is 13.6. The molecule has 0 saturated heterocycles. The molecule has 1 heterocycles. The maximum Gasteiger partial charge on any atom is 0.311 e. The molecular weight excluding hydrogens is 401 g/mol. The Morgan fingerprint density at radius 3 is 2.65 bits per heavy atom. The van der Waals surface area contributed by atoms with Crippen LogP contribution in [0.25, 0.3) is 0 Å². The maximum absolute atomic E-state index is 11.4. The van der Waals surface area contributed by atoms with Gasteiger partial charge in [0.05, 0.1) is 35.0 Å². The van der Waals surface area contributed by atoms with Crippen molar-refractivity contribution in [3.63, 3.8) is 0 Å². The number of benzene rings is 1. The second-order valence-electron chi connectivity index (χ2n) is 4.89. The van der Waals surface area contributed by atoms with Crippen molar-refractivity contribution in [2.75, 3.05) is 12.0 Å². The first-order chi connectivity index (χ1) is 12.4. The Bertz CT molecular complexity index is 816. The van der Waals surface area contributed by atoms with Crippen LogP contribution in [0.5, 0.6) is 5.75 Å². The average molecular weight is 416 g/mol. The maximum atomic E-state index is 11.4. The summed E-state index contributed by atoms with van der Waals surface area (Å²) in [6.07, 6.45) is 1.53. The molecule has 0 amide bonds. The van der Waals surface area contributed by atoms with E-state index in [-0.39, 0.29) is 28.2 Å². The Kier molecular flexibility index (Phi) is 7.38. The first kappa shape index (κ1) is 20.2. The molecule has 0 unspecified atom stereocenters. The van der Waals surface area contributed by atoms with Crippen molar-refractivity contribution in [1.29, 1.82) is 0 Å². The molecule has 138 valence electrons. The first-order valence-corrected chi connectivity index (χ1v) is 9.09. The Labute approximate surface area is 163 Å². The Hall–Kier alpha value is -2.16. The van der Waals surface area contributed by atoms with Gasteiger partial charge >= 0.3 is 11.9 Å². The van der Waals surface area contributed by atoms with E-state index in [0.717, 1.165) is 0 Å². The molecule has 0 fully saturated rings. The van der Waals surface area contributed by atoms with E-state index in [1.807, 2.05) is 0 Å². The number of esters is 2. The summed E-state index contributed by atoms with van der Waals surface area (Å²) in [6.45, 7) is 3.36. The SMILES string of the molecule is CCOC(=O)Cc1csc(NN=Cc2c(Cl)cc(OC(C)=O)cc2Cl)n1. The number of carbonyl (C=O) groups excluding carboxylic acids is 2. The third kappa shape index (κ3) is 5.98. The molecule has 2 aromatic rings. The minimum absolute atomic E-state index is 0.102. The van der Waals surface area contributed by atoms with Crippen LogP contribution >= 0.6 is 34.5 Å². The van der Waals surface area contributed by atoms with Crippen molar-refractivity contribution in [2.45, 2.75) is 20.3 Å². The monoisotopic (exact) mass is 415 g/mol. The molecule has 7 nitrogen and oxygen atoms in total. The second-order valence-corrected chi connectivity index (χ2v) is 6.56. The van der Waals surface area contributed by atoms with Crippen LogP contribution in [0.15, 0.2) is 22.6 Å². The van der Waals surface area contributed by atoms with Gasteiger partial charge in [0.25, 0.3) is 0 Å². The van der Waals surface area contributed by atoms with Gasteiger partial charge in [0, 0.05) is 30.0 Å². The van der Waals surface area contributed by atoms with Crippen LogP contribution in [-0.2, 0) is 20.7 Å². The second kappa shape index (κ2) is 9.51. The molecule has 0 aliphatic heterocycles. The molecule has 0 radical (unpaired) electrons. The average Bonchev–Trinajstić information content (AvgIpc) is 2.97. The van der Waals surface area contributed by atoms with Gasteiger partial charge in [-0.3, -0.25) is 15.0 Å². The van der Waals surface area contributed by atoms with Crippen molar-refractivity contribution in [3.05, 3.63) is 38.8 Å². The van der Waals surface area contributed by atoms with Crippen molar-refractivity contribution in [3.8, 4) is 5.75 Å². The molecule has 1 aromatic heterocycles. The smallest absolute Gasteiger partial charge is 0.311 e. The topological polar surface area (TPSA) is 89.9 Å². The van der Waals surface area contributed by atoms with E-state index in [0.29, 0.717) is 23.0 Å². The Morgan fingerprint density at radius 2 is 2.04 bits per heavy atom. The number of hydrazone groups is 1. The van der Waals surface area contributed by atoms with Crippen molar-refractivity contribution >= 4 is 57.8 Å². The van der Waals surface area contributed by atoms with E-state index < -0.39 is 5.97 Å². The van der Waals surface area contributed by atoms with Crippen molar-refractivity contribution in [2.24, 2.45) is 5.10 Å². The molecule has 0 spiro atoms. The van der Waals surface area contributed by atoms with Gasteiger partial charge in [-0.2, -0.15) is 5.10 Å². The minimum atomic E-state index is -0.470. The fourth-order valence-corrected chi connectivity index (χ4v) is 3.08. The number of carbonyl (C=O) groups is 2. The zero-order chi connectivity index (χ0) is 19.1. The van der Waals surface area contributed by atoms with Crippen LogP contribution in [0, 0.1) is 0 Å². The number of anilines is 1. The molecule has 1 N–H and O–H groups in total. The quantitative estimate of drug-likeness (QED) is 0.318. The summed E-state index contributed by atoms with van der Waals surface area (Å²) in [5, 5.41) is 6.83. The van der Waals surface area contributed by atoms with Crippen molar-refractivity contribution < 1.29 is 19.1 Å². The number of hydrogen-bond donors (Lipinski definition) is 1. The van der Waals surface area contributed by atoms with Gasteiger partial charge in [-0.1, -0.05) is 23.2 Å². The summed E-state index contributed by atoms with van der Waals surface area (Å²) in [6, 6.07) is 2.94. The zero-order valence-corrected chi connectivity index (χ0v) is 16.2. The number of hydrogen-bond acceptors (Lipinski definition) is 8. The van der Waals surface area contributed by atoms with E-state index in [1.54, 1.807) is 12.3 Å². The number of nitrogens with one attached hydrogen (secondary N) is 1. The van der Waals surface area contributed by atoms with Crippen LogP contribution in [0.4, 0.5) is 5.13 Å². The van der Waals surface area contributed by atoms with Gasteiger partial charge in [0.2, 0.25) is 5.13 Å². The largest absolute Gasteiger partial charge is 0.466 e. The van der Waals surface area contributed by atoms with E-state index in [1.165, 1.54) is 36.6 Å². The van der Waals surface area contributed by atoms with E-state index in [2.05, 4.69) is 15.5 Å². The molecular formula is C16H15Cl2N3O4S. The van der Waals surface area contributed by atoms with E-state index in [4.69, 9.17) is 32.7 Å². The number of nitrogens with zero attached hydrogens (tertiary/aromatic N) is 2. The highest BCUT2D eigenvalue weighted by molar-refractivity contribution is 7.13. The summed E-state index contributed by atoms with van der Waals surface area (Å²) in [5.41, 5.74) is 3.79. The third-order valence-corrected chi connectivity index (χ3v) is 4.27. The molecule has 0 aliphatic rings. The summed E-state index contributed by atoms with van der Waals surface area (Å²) in [4.78, 5) is 26.6. The molecule has 2 rings (SSSR count). The molecule has 0 saturated carbocycles. The first-order valence-electron chi connectivity index (χ1n) is 7.45. The molecule has 26 heavy (non-hydrogen) atoms. The lowest BCUT2D eigenvalue weighted by atomic mass is 10.2. The van der Waals surface area contributed by atoms with Crippen LogP contribution in [-0.4, -0.2) is 29.7 Å². The highest BCUT2D eigenvalue weighted by atomic mass is 35.5. The third-order valence-electron chi connectivity index (χ3n) is 2.85. The van der Waals surface area contributed by atoms with Gasteiger partial charge in [0.1, 0.15) is 5.75 Å². The molecule has 0 atom stereocenters. The van der Waals surface area contributed by atoms with Gasteiger partial charge in [-0.25, -0.2) is 4.98 Å². The standard InChI is InChI=1S/C16H15Cl2N3O4S/c1-3-24-15(23)4-10-8-26-16(20-10)21-19-7-12-13(17)5-11(6-14(12)18)25-9(2)22/h5-8H,3-4H2,1-2H3,(H,20,21). The number of halogens is 2. The van der Waals surface area contributed by atoms with Crippen molar-refractivity contribution in [1.82, 2.24) is 4.98 Å². The van der Waals surface area contributed by atoms with Crippen LogP contribution in [0.1, 0.15) is 25.1 Å². The highest BCUT2D eigenvalue weighted by Gasteiger charge is 2.10. The van der Waals surface area contributed by atoms with E-state index >= 15 is 0 Å². The van der Waals surface area contributed by atoms with Crippen LogP contribution < -0.4 is 10.2 Å². The Balaban J connectivity index is 2.01. The van der Waals surface area contributed by atoms with Crippen LogP contribution in [0.2, 0.25) is 10.0 Å². The highest BCUT2D eigenvalue weighted by Crippen LogP contribution is 2.29. The predicted molar refractivity (Wildman–Crippen MR) is 101 cm³/mol. The number of thiazole rings is 1. The fourth-order valence-electron chi connectivity index (χ4n) is 1.86. The summed E-state index contributed by atoms with van der Waals surface area (Å²) in [7, 11) is 0. The van der Waals surface area contributed by atoms with E-state index in [9.17, 15) is 9.59 Å². The normalized spacial score (nSPS) is 10.8.